The molecule has 1 aromatic carbocycles. The van der Waals surface area contributed by atoms with Crippen molar-refractivity contribution in [1.82, 2.24) is 5.32 Å². The number of nitrogens with one attached hydrogen (secondary N) is 1. The van der Waals surface area contributed by atoms with Crippen molar-refractivity contribution in [2.75, 3.05) is 13.7 Å². The zero-order valence-corrected chi connectivity index (χ0v) is 11.3. The van der Waals surface area contributed by atoms with Crippen LogP contribution in [0.2, 0.25) is 0 Å². The monoisotopic (exact) mass is 250 g/mol. The second kappa shape index (κ2) is 7.01. The number of hydrogen-bond donors (Lipinski definition) is 2. The standard InChI is InChI=1S/C14H22N2O2/c1-10(8-15)6-14(17)16-9-12-4-5-13(18-3)11(2)7-12/h4-5,7,10H,6,8-9,15H2,1-3H3,(H,16,17). The molecule has 0 saturated carbocycles. The molecule has 0 aliphatic heterocycles. The van der Waals surface area contributed by atoms with Crippen molar-refractivity contribution in [3.05, 3.63) is 29.3 Å². The number of aryl methyl sites for hydroxylation is 1. The van der Waals surface area contributed by atoms with E-state index in [1.54, 1.807) is 7.11 Å². The molecule has 3 N–H and O–H groups in total. The van der Waals surface area contributed by atoms with Crippen molar-refractivity contribution in [1.29, 1.82) is 0 Å². The average Bonchev–Trinajstić information content (AvgIpc) is 2.36. The maximum absolute atomic E-state index is 11.6. The maximum Gasteiger partial charge on any atom is 0.220 e. The number of rotatable bonds is 6. The number of benzene rings is 1. The quantitative estimate of drug-likeness (QED) is 0.806. The van der Waals surface area contributed by atoms with Crippen LogP contribution in [0.3, 0.4) is 0 Å². The number of ether oxygens (including phenoxy) is 1. The molecule has 0 aliphatic carbocycles. The molecule has 18 heavy (non-hydrogen) atoms. The highest BCUT2D eigenvalue weighted by Crippen LogP contribution is 2.18. The predicted molar refractivity (Wildman–Crippen MR) is 72.4 cm³/mol. The van der Waals surface area contributed by atoms with Crippen LogP contribution in [-0.4, -0.2) is 19.6 Å². The minimum absolute atomic E-state index is 0.0430. The third-order valence-electron chi connectivity index (χ3n) is 2.89. The van der Waals surface area contributed by atoms with E-state index in [9.17, 15) is 4.79 Å². The average molecular weight is 250 g/mol. The summed E-state index contributed by atoms with van der Waals surface area (Å²) >= 11 is 0. The summed E-state index contributed by atoms with van der Waals surface area (Å²) in [5.74, 6) is 1.13. The van der Waals surface area contributed by atoms with Crippen molar-refractivity contribution in [2.45, 2.75) is 26.8 Å². The van der Waals surface area contributed by atoms with Gasteiger partial charge in [0.1, 0.15) is 5.75 Å². The van der Waals surface area contributed by atoms with Gasteiger partial charge in [-0.25, -0.2) is 0 Å². The zero-order valence-electron chi connectivity index (χ0n) is 11.3. The zero-order chi connectivity index (χ0) is 13.5. The van der Waals surface area contributed by atoms with Crippen LogP contribution in [-0.2, 0) is 11.3 Å². The summed E-state index contributed by atoms with van der Waals surface area (Å²) in [5, 5.41) is 2.89. The van der Waals surface area contributed by atoms with Crippen LogP contribution in [0.5, 0.6) is 5.75 Å². The first kappa shape index (κ1) is 14.5. The Labute approximate surface area is 109 Å². The molecule has 0 radical (unpaired) electrons. The van der Waals surface area contributed by atoms with Gasteiger partial charge in [-0.1, -0.05) is 19.1 Å². The summed E-state index contributed by atoms with van der Waals surface area (Å²) in [6, 6.07) is 5.89. The highest BCUT2D eigenvalue weighted by molar-refractivity contribution is 5.76. The Morgan fingerprint density at radius 2 is 2.22 bits per heavy atom. The molecule has 1 amide bonds. The van der Waals surface area contributed by atoms with Crippen LogP contribution < -0.4 is 15.8 Å². The smallest absolute Gasteiger partial charge is 0.220 e. The van der Waals surface area contributed by atoms with Crippen LogP contribution in [0.15, 0.2) is 18.2 Å². The molecular formula is C14H22N2O2. The molecule has 0 aromatic heterocycles. The maximum atomic E-state index is 11.6. The Hall–Kier alpha value is -1.55. The van der Waals surface area contributed by atoms with Crippen LogP contribution in [0.1, 0.15) is 24.5 Å². The van der Waals surface area contributed by atoms with E-state index in [4.69, 9.17) is 10.5 Å². The predicted octanol–water partition coefficient (Wildman–Crippen LogP) is 1.60. The normalized spacial score (nSPS) is 12.0. The second-order valence-corrected chi connectivity index (χ2v) is 4.63. The molecule has 0 bridgehead atoms. The van der Waals surface area contributed by atoms with E-state index < -0.39 is 0 Å². The molecule has 0 saturated heterocycles. The van der Waals surface area contributed by atoms with Crippen molar-refractivity contribution >= 4 is 5.91 Å². The minimum atomic E-state index is 0.0430. The van der Waals surface area contributed by atoms with Crippen LogP contribution in [0.4, 0.5) is 0 Å². The van der Waals surface area contributed by atoms with E-state index in [1.807, 2.05) is 32.0 Å². The molecule has 4 nitrogen and oxygen atoms in total. The summed E-state index contributed by atoms with van der Waals surface area (Å²) < 4.78 is 5.19. The number of carbonyl (C=O) groups excluding carboxylic acids is 1. The summed E-state index contributed by atoms with van der Waals surface area (Å²) in [4.78, 5) is 11.6. The molecule has 4 heteroatoms. The van der Waals surface area contributed by atoms with Crippen molar-refractivity contribution in [3.8, 4) is 5.75 Å². The Kier molecular flexibility index (Phi) is 5.65. The summed E-state index contributed by atoms with van der Waals surface area (Å²) in [6.45, 7) is 5.04. The van der Waals surface area contributed by atoms with Gasteiger partial charge in [0.2, 0.25) is 5.91 Å². The van der Waals surface area contributed by atoms with E-state index in [0.717, 1.165) is 16.9 Å². The highest BCUT2D eigenvalue weighted by atomic mass is 16.5. The van der Waals surface area contributed by atoms with Crippen molar-refractivity contribution in [2.24, 2.45) is 11.7 Å². The third-order valence-corrected chi connectivity index (χ3v) is 2.89. The molecule has 0 fully saturated rings. The van der Waals surface area contributed by atoms with Crippen molar-refractivity contribution in [3.63, 3.8) is 0 Å². The van der Waals surface area contributed by atoms with Gasteiger partial charge in [-0.3, -0.25) is 4.79 Å². The Morgan fingerprint density at radius 3 is 2.78 bits per heavy atom. The summed E-state index contributed by atoms with van der Waals surface area (Å²) in [6.07, 6.45) is 0.478. The van der Waals surface area contributed by atoms with Gasteiger partial charge in [-0.05, 0) is 36.6 Å². The fraction of sp³-hybridized carbons (Fsp3) is 0.500. The summed E-state index contributed by atoms with van der Waals surface area (Å²) in [7, 11) is 1.65. The Bertz CT molecular complexity index is 405. The van der Waals surface area contributed by atoms with Crippen LogP contribution in [0, 0.1) is 12.8 Å². The first-order valence-corrected chi connectivity index (χ1v) is 6.17. The van der Waals surface area contributed by atoms with Gasteiger partial charge in [-0.2, -0.15) is 0 Å². The van der Waals surface area contributed by atoms with Gasteiger partial charge in [0.25, 0.3) is 0 Å². The van der Waals surface area contributed by atoms with Gasteiger partial charge in [0, 0.05) is 13.0 Å². The molecule has 1 atom stereocenters. The van der Waals surface area contributed by atoms with Crippen LogP contribution in [0.25, 0.3) is 0 Å². The molecule has 1 aromatic rings. The fourth-order valence-electron chi connectivity index (χ4n) is 1.72. The van der Waals surface area contributed by atoms with Gasteiger partial charge in [-0.15, -0.1) is 0 Å². The molecule has 1 rings (SSSR count). The Morgan fingerprint density at radius 1 is 1.50 bits per heavy atom. The Balaban J connectivity index is 2.48. The number of methoxy groups -OCH3 is 1. The highest BCUT2D eigenvalue weighted by Gasteiger charge is 2.07. The van der Waals surface area contributed by atoms with E-state index in [0.29, 0.717) is 19.5 Å². The van der Waals surface area contributed by atoms with Crippen molar-refractivity contribution < 1.29 is 9.53 Å². The first-order valence-electron chi connectivity index (χ1n) is 6.17. The number of amides is 1. The second-order valence-electron chi connectivity index (χ2n) is 4.63. The largest absolute Gasteiger partial charge is 0.496 e. The molecule has 0 spiro atoms. The van der Waals surface area contributed by atoms with Gasteiger partial charge in [0.15, 0.2) is 0 Å². The molecular weight excluding hydrogens is 228 g/mol. The van der Waals surface area contributed by atoms with Gasteiger partial charge < -0.3 is 15.8 Å². The minimum Gasteiger partial charge on any atom is -0.496 e. The lowest BCUT2D eigenvalue weighted by atomic mass is 10.1. The fourth-order valence-corrected chi connectivity index (χ4v) is 1.72. The number of nitrogens with two attached hydrogens (primary N) is 1. The van der Waals surface area contributed by atoms with Crippen LogP contribution >= 0.6 is 0 Å². The van der Waals surface area contributed by atoms with E-state index in [-0.39, 0.29) is 11.8 Å². The first-order chi connectivity index (χ1) is 8.56. The SMILES string of the molecule is COc1ccc(CNC(=O)CC(C)CN)cc1C. The molecule has 0 heterocycles. The lowest BCUT2D eigenvalue weighted by Crippen LogP contribution is -2.26. The summed E-state index contributed by atoms with van der Waals surface area (Å²) in [5.41, 5.74) is 7.63. The molecule has 100 valence electrons. The van der Waals surface area contributed by atoms with E-state index in [2.05, 4.69) is 5.32 Å². The lowest BCUT2D eigenvalue weighted by molar-refractivity contribution is -0.122. The van der Waals surface area contributed by atoms with Gasteiger partial charge >= 0.3 is 0 Å². The third kappa shape index (κ3) is 4.37. The van der Waals surface area contributed by atoms with Gasteiger partial charge in [0.05, 0.1) is 7.11 Å². The molecule has 0 aliphatic rings. The number of carbonyl (C=O) groups is 1. The lowest BCUT2D eigenvalue weighted by Gasteiger charge is -2.10. The van der Waals surface area contributed by atoms with E-state index in [1.165, 1.54) is 0 Å². The molecule has 1 unspecified atom stereocenters. The number of hydrogen-bond acceptors (Lipinski definition) is 3. The van der Waals surface area contributed by atoms with E-state index >= 15 is 0 Å². The topological polar surface area (TPSA) is 64.3 Å².